The summed E-state index contributed by atoms with van der Waals surface area (Å²) < 4.78 is 0. The first-order chi connectivity index (χ1) is 9.69. The summed E-state index contributed by atoms with van der Waals surface area (Å²) in [6.07, 6.45) is 0.384. The van der Waals surface area contributed by atoms with Crippen LogP contribution in [0, 0.1) is 18.8 Å². The Bertz CT molecular complexity index is 651. The van der Waals surface area contributed by atoms with E-state index < -0.39 is 0 Å². The molecule has 0 radical (unpaired) electrons. The Hall–Kier alpha value is -2.09. The molecule has 0 spiro atoms. The molecule has 102 valence electrons. The van der Waals surface area contributed by atoms with Crippen LogP contribution < -0.4 is 11.1 Å². The summed E-state index contributed by atoms with van der Waals surface area (Å²) in [6, 6.07) is 9.67. The van der Waals surface area contributed by atoms with E-state index in [0.717, 1.165) is 21.7 Å². The molecule has 3 nitrogen and oxygen atoms in total. The van der Waals surface area contributed by atoms with Crippen LogP contribution in [0.25, 0.3) is 0 Å². The van der Waals surface area contributed by atoms with Crippen molar-refractivity contribution in [1.29, 1.82) is 0 Å². The van der Waals surface area contributed by atoms with Crippen molar-refractivity contribution >= 4 is 22.9 Å². The molecule has 0 aliphatic heterocycles. The quantitative estimate of drug-likeness (QED) is 0.851. The van der Waals surface area contributed by atoms with Gasteiger partial charge in [0, 0.05) is 10.4 Å². The molecule has 20 heavy (non-hydrogen) atoms. The maximum atomic E-state index is 12.0. The topological polar surface area (TPSA) is 55.1 Å². The molecule has 0 unspecified atom stereocenters. The zero-order valence-electron chi connectivity index (χ0n) is 11.3. The molecule has 2 aromatic rings. The van der Waals surface area contributed by atoms with Crippen LogP contribution >= 0.6 is 11.3 Å². The molecular formula is C16H16N2OS. The Morgan fingerprint density at radius 1 is 1.40 bits per heavy atom. The first kappa shape index (κ1) is 14.3. The molecule has 3 N–H and O–H groups in total. The Morgan fingerprint density at radius 2 is 2.25 bits per heavy atom. The second-order valence-corrected chi connectivity index (χ2v) is 5.39. The van der Waals surface area contributed by atoms with Gasteiger partial charge in [0.2, 0.25) is 5.91 Å². The van der Waals surface area contributed by atoms with E-state index in [2.05, 4.69) is 17.2 Å². The minimum absolute atomic E-state index is 0.0351. The van der Waals surface area contributed by atoms with Gasteiger partial charge in [-0.15, -0.1) is 11.3 Å². The summed E-state index contributed by atoms with van der Waals surface area (Å²) in [4.78, 5) is 13.1. The summed E-state index contributed by atoms with van der Waals surface area (Å²) in [5.74, 6) is 5.78. The fraction of sp³-hybridized carbons (Fsp3) is 0.188. The minimum Gasteiger partial charge on any atom is -0.325 e. The van der Waals surface area contributed by atoms with Gasteiger partial charge in [-0.2, -0.15) is 0 Å². The Morgan fingerprint density at radius 3 is 2.95 bits per heavy atom. The highest BCUT2D eigenvalue weighted by Gasteiger charge is 2.07. The van der Waals surface area contributed by atoms with Crippen molar-refractivity contribution in [1.82, 2.24) is 0 Å². The lowest BCUT2D eigenvalue weighted by molar-refractivity contribution is -0.115. The zero-order chi connectivity index (χ0) is 14.4. The average Bonchev–Trinajstić information content (AvgIpc) is 2.91. The van der Waals surface area contributed by atoms with Crippen molar-refractivity contribution in [2.75, 3.05) is 11.9 Å². The van der Waals surface area contributed by atoms with Crippen LogP contribution in [0.1, 0.15) is 16.0 Å². The second-order valence-electron chi connectivity index (χ2n) is 4.36. The van der Waals surface area contributed by atoms with Gasteiger partial charge < -0.3 is 11.1 Å². The number of nitrogens with one attached hydrogen (secondary N) is 1. The highest BCUT2D eigenvalue weighted by molar-refractivity contribution is 7.10. The number of anilines is 1. The molecule has 0 atom stereocenters. The monoisotopic (exact) mass is 284 g/mol. The third-order valence-electron chi connectivity index (χ3n) is 2.69. The number of aryl methyl sites for hydroxylation is 1. The smallest absolute Gasteiger partial charge is 0.229 e. The molecule has 0 aliphatic rings. The molecular weight excluding hydrogens is 268 g/mol. The van der Waals surface area contributed by atoms with Crippen molar-refractivity contribution < 1.29 is 4.79 Å². The largest absolute Gasteiger partial charge is 0.325 e. The molecule has 0 saturated carbocycles. The van der Waals surface area contributed by atoms with Crippen LogP contribution in [-0.2, 0) is 11.2 Å². The van der Waals surface area contributed by atoms with E-state index in [1.165, 1.54) is 0 Å². The summed E-state index contributed by atoms with van der Waals surface area (Å²) in [5.41, 5.74) is 8.03. The van der Waals surface area contributed by atoms with E-state index in [1.807, 2.05) is 42.6 Å². The molecule has 1 aromatic carbocycles. The van der Waals surface area contributed by atoms with Crippen LogP contribution in [0.3, 0.4) is 0 Å². The van der Waals surface area contributed by atoms with E-state index in [4.69, 9.17) is 5.73 Å². The van der Waals surface area contributed by atoms with E-state index >= 15 is 0 Å². The number of nitrogens with two attached hydrogens (primary N) is 1. The van der Waals surface area contributed by atoms with Crippen LogP contribution in [0.4, 0.5) is 5.69 Å². The third-order valence-corrected chi connectivity index (χ3v) is 3.57. The summed E-state index contributed by atoms with van der Waals surface area (Å²) >= 11 is 1.58. The third kappa shape index (κ3) is 3.95. The number of rotatable bonds is 3. The first-order valence-corrected chi connectivity index (χ1v) is 7.19. The fourth-order valence-electron chi connectivity index (χ4n) is 1.78. The molecule has 4 heteroatoms. The van der Waals surface area contributed by atoms with Gasteiger partial charge >= 0.3 is 0 Å². The second kappa shape index (κ2) is 6.90. The number of amides is 1. The van der Waals surface area contributed by atoms with Gasteiger partial charge in [0.25, 0.3) is 0 Å². The van der Waals surface area contributed by atoms with Crippen molar-refractivity contribution in [3.05, 3.63) is 51.7 Å². The number of hydrogen-bond acceptors (Lipinski definition) is 3. The lowest BCUT2D eigenvalue weighted by Gasteiger charge is -2.08. The fourth-order valence-corrected chi connectivity index (χ4v) is 2.49. The number of thiophene rings is 1. The molecule has 0 aliphatic carbocycles. The van der Waals surface area contributed by atoms with E-state index in [1.54, 1.807) is 11.3 Å². The maximum absolute atomic E-state index is 12.0. The zero-order valence-corrected chi connectivity index (χ0v) is 12.1. The van der Waals surface area contributed by atoms with E-state index in [0.29, 0.717) is 13.0 Å². The summed E-state index contributed by atoms with van der Waals surface area (Å²) in [7, 11) is 0. The number of carbonyl (C=O) groups is 1. The standard InChI is InChI=1S/C16H16N2OS/c1-12-6-7-15(13(10-12)4-2-8-17)18-16(19)11-14-5-3-9-20-14/h3,5-7,9-10H,8,11,17H2,1H3,(H,18,19). The van der Waals surface area contributed by atoms with Crippen LogP contribution in [0.15, 0.2) is 35.7 Å². The van der Waals surface area contributed by atoms with Gasteiger partial charge in [-0.05, 0) is 36.1 Å². The normalized spacial score (nSPS) is 9.70. The molecule has 2 rings (SSSR count). The summed E-state index contributed by atoms with van der Waals surface area (Å²) in [6.45, 7) is 2.29. The molecule has 1 amide bonds. The Balaban J connectivity index is 2.14. The first-order valence-electron chi connectivity index (χ1n) is 6.31. The van der Waals surface area contributed by atoms with Gasteiger partial charge in [-0.1, -0.05) is 24.0 Å². The van der Waals surface area contributed by atoms with Gasteiger partial charge in [0.1, 0.15) is 0 Å². The van der Waals surface area contributed by atoms with Crippen LogP contribution in [-0.4, -0.2) is 12.5 Å². The molecule has 0 bridgehead atoms. The minimum atomic E-state index is -0.0351. The number of carbonyl (C=O) groups excluding carboxylic acids is 1. The van der Waals surface area contributed by atoms with Crippen LogP contribution in [0.5, 0.6) is 0 Å². The maximum Gasteiger partial charge on any atom is 0.229 e. The van der Waals surface area contributed by atoms with Gasteiger partial charge in [-0.3, -0.25) is 4.79 Å². The predicted octanol–water partition coefficient (Wildman–Crippen LogP) is 2.55. The molecule has 1 aromatic heterocycles. The number of hydrogen-bond donors (Lipinski definition) is 2. The van der Waals surface area contributed by atoms with Crippen molar-refractivity contribution in [3.63, 3.8) is 0 Å². The highest BCUT2D eigenvalue weighted by atomic mass is 32.1. The van der Waals surface area contributed by atoms with E-state index in [9.17, 15) is 4.79 Å². The highest BCUT2D eigenvalue weighted by Crippen LogP contribution is 2.17. The number of benzene rings is 1. The van der Waals surface area contributed by atoms with Crippen molar-refractivity contribution in [2.24, 2.45) is 5.73 Å². The lowest BCUT2D eigenvalue weighted by Crippen LogP contribution is -2.14. The lowest BCUT2D eigenvalue weighted by atomic mass is 10.1. The molecule has 0 fully saturated rings. The van der Waals surface area contributed by atoms with E-state index in [-0.39, 0.29) is 5.91 Å². The van der Waals surface area contributed by atoms with Crippen molar-refractivity contribution in [3.8, 4) is 11.8 Å². The Kier molecular flexibility index (Phi) is 4.94. The predicted molar refractivity (Wildman–Crippen MR) is 83.8 cm³/mol. The van der Waals surface area contributed by atoms with Gasteiger partial charge in [0.15, 0.2) is 0 Å². The van der Waals surface area contributed by atoms with Crippen LogP contribution in [0.2, 0.25) is 0 Å². The summed E-state index contributed by atoms with van der Waals surface area (Å²) in [5, 5.41) is 4.87. The molecule has 1 heterocycles. The van der Waals surface area contributed by atoms with Gasteiger partial charge in [-0.25, -0.2) is 0 Å². The van der Waals surface area contributed by atoms with Crippen molar-refractivity contribution in [2.45, 2.75) is 13.3 Å². The molecule has 0 saturated heterocycles. The van der Waals surface area contributed by atoms with Gasteiger partial charge in [0.05, 0.1) is 18.7 Å². The SMILES string of the molecule is Cc1ccc(NC(=O)Cc2cccs2)c(C#CCN)c1. The average molecular weight is 284 g/mol. The Labute approximate surface area is 122 Å².